The van der Waals surface area contributed by atoms with E-state index in [4.69, 9.17) is 9.47 Å². The minimum Gasteiger partial charge on any atom is -0.480 e. The van der Waals surface area contributed by atoms with Crippen LogP contribution in [0.3, 0.4) is 0 Å². The van der Waals surface area contributed by atoms with Crippen LogP contribution in [0.5, 0.6) is 0 Å². The highest BCUT2D eigenvalue weighted by molar-refractivity contribution is 5.87. The molecular weight excluding hydrogens is 168 g/mol. The average molecular weight is 182 g/mol. The summed E-state index contributed by atoms with van der Waals surface area (Å²) < 4.78 is 9.92. The molecule has 1 aliphatic rings. The number of hydrogen-bond acceptors (Lipinski definition) is 3. The zero-order valence-electron chi connectivity index (χ0n) is 8.00. The molecule has 1 fully saturated rings. The van der Waals surface area contributed by atoms with Crippen molar-refractivity contribution in [2.24, 2.45) is 0 Å². The smallest absolute Gasteiger partial charge is 0.338 e. The van der Waals surface area contributed by atoms with Gasteiger partial charge in [-0.25, -0.2) is 4.79 Å². The summed E-state index contributed by atoms with van der Waals surface area (Å²) in [6, 6.07) is 0. The minimum absolute atomic E-state index is 0.169. The van der Waals surface area contributed by atoms with Crippen LogP contribution in [-0.4, -0.2) is 12.1 Å². The lowest BCUT2D eigenvalue weighted by Gasteiger charge is -1.93. The van der Waals surface area contributed by atoms with Gasteiger partial charge in [0, 0.05) is 5.57 Å². The first kappa shape index (κ1) is 9.84. The van der Waals surface area contributed by atoms with E-state index in [1.807, 2.05) is 0 Å². The van der Waals surface area contributed by atoms with Crippen molar-refractivity contribution >= 4 is 5.97 Å². The predicted molar refractivity (Wildman–Crippen MR) is 48.8 cm³/mol. The fraction of sp³-hybridized carbons (Fsp3) is 0.500. The molecule has 0 amide bonds. The molecule has 1 rings (SSSR count). The Labute approximate surface area is 78.0 Å². The Kier molecular flexibility index (Phi) is 3.12. The zero-order valence-corrected chi connectivity index (χ0v) is 8.00. The molecule has 0 N–H and O–H groups in total. The fourth-order valence-corrected chi connectivity index (χ4v) is 0.909. The van der Waals surface area contributed by atoms with Crippen molar-refractivity contribution in [3.8, 4) is 0 Å². The summed E-state index contributed by atoms with van der Waals surface area (Å²) in [7, 11) is 0. The van der Waals surface area contributed by atoms with Crippen LogP contribution in [0.1, 0.15) is 26.7 Å². The van der Waals surface area contributed by atoms with Gasteiger partial charge in [0.1, 0.15) is 6.26 Å². The summed E-state index contributed by atoms with van der Waals surface area (Å²) in [6.45, 7) is 7.16. The van der Waals surface area contributed by atoms with Crippen LogP contribution in [0.4, 0.5) is 0 Å². The molecule has 1 aliphatic heterocycles. The summed E-state index contributed by atoms with van der Waals surface area (Å²) in [5, 5.41) is 0. The van der Waals surface area contributed by atoms with Crippen LogP contribution in [0.2, 0.25) is 0 Å². The Bertz CT molecular complexity index is 253. The molecule has 1 unspecified atom stereocenters. The molecule has 0 aliphatic carbocycles. The molecule has 0 aromatic rings. The molecule has 1 saturated heterocycles. The number of carbonyl (C=O) groups is 1. The van der Waals surface area contributed by atoms with E-state index in [1.54, 1.807) is 6.92 Å². The van der Waals surface area contributed by atoms with Gasteiger partial charge in [0.2, 0.25) is 0 Å². The Morgan fingerprint density at radius 3 is 3.00 bits per heavy atom. The fourth-order valence-electron chi connectivity index (χ4n) is 0.909. The SMILES string of the molecule is C=C(C)C(=O)OC=C1OC1CCC. The number of carbonyl (C=O) groups excluding carboxylic acids is 1. The predicted octanol–water partition coefficient (Wildman–Crippen LogP) is 2.15. The van der Waals surface area contributed by atoms with Gasteiger partial charge in [0.05, 0.1) is 0 Å². The second kappa shape index (κ2) is 4.12. The van der Waals surface area contributed by atoms with Crippen molar-refractivity contribution in [3.63, 3.8) is 0 Å². The maximum Gasteiger partial charge on any atom is 0.338 e. The largest absolute Gasteiger partial charge is 0.480 e. The van der Waals surface area contributed by atoms with Crippen LogP contribution >= 0.6 is 0 Å². The van der Waals surface area contributed by atoms with E-state index in [2.05, 4.69) is 13.5 Å². The quantitative estimate of drug-likeness (QED) is 0.289. The minimum atomic E-state index is -0.404. The van der Waals surface area contributed by atoms with Gasteiger partial charge in [0.25, 0.3) is 0 Å². The van der Waals surface area contributed by atoms with Crippen LogP contribution in [0.25, 0.3) is 0 Å². The van der Waals surface area contributed by atoms with E-state index in [9.17, 15) is 4.79 Å². The monoisotopic (exact) mass is 182 g/mol. The van der Waals surface area contributed by atoms with Gasteiger partial charge in [0.15, 0.2) is 11.9 Å². The standard InChI is InChI=1S/C10H14O3/c1-4-5-8-9(13-8)6-12-10(11)7(2)3/h6,8H,2,4-5H2,1,3H3. The zero-order chi connectivity index (χ0) is 9.84. The number of rotatable bonds is 4. The van der Waals surface area contributed by atoms with Crippen LogP contribution in [-0.2, 0) is 14.3 Å². The lowest BCUT2D eigenvalue weighted by atomic mass is 10.2. The van der Waals surface area contributed by atoms with E-state index in [1.165, 1.54) is 6.26 Å². The number of esters is 1. The maximum absolute atomic E-state index is 10.9. The van der Waals surface area contributed by atoms with Gasteiger partial charge in [-0.05, 0) is 13.3 Å². The first-order valence-corrected chi connectivity index (χ1v) is 4.38. The van der Waals surface area contributed by atoms with Crippen LogP contribution in [0.15, 0.2) is 24.2 Å². The summed E-state index contributed by atoms with van der Waals surface area (Å²) in [6.07, 6.45) is 3.59. The van der Waals surface area contributed by atoms with Crippen molar-refractivity contribution in [2.75, 3.05) is 0 Å². The molecule has 1 heterocycles. The second-order valence-corrected chi connectivity index (χ2v) is 3.10. The van der Waals surface area contributed by atoms with Crippen LogP contribution in [0, 0.1) is 0 Å². The molecular formula is C10H14O3. The van der Waals surface area contributed by atoms with E-state index in [0.717, 1.165) is 18.6 Å². The first-order chi connectivity index (χ1) is 6.15. The maximum atomic E-state index is 10.9. The third kappa shape index (κ3) is 2.93. The molecule has 0 radical (unpaired) electrons. The molecule has 72 valence electrons. The molecule has 1 atom stereocenters. The summed E-state index contributed by atoms with van der Waals surface area (Å²) in [4.78, 5) is 10.9. The summed E-state index contributed by atoms with van der Waals surface area (Å²) in [5.74, 6) is 0.356. The van der Waals surface area contributed by atoms with Gasteiger partial charge in [-0.2, -0.15) is 0 Å². The highest BCUT2D eigenvalue weighted by atomic mass is 16.6. The molecule has 0 saturated carbocycles. The summed E-state index contributed by atoms with van der Waals surface area (Å²) in [5.41, 5.74) is 0.393. The molecule has 0 spiro atoms. The first-order valence-electron chi connectivity index (χ1n) is 4.38. The van der Waals surface area contributed by atoms with E-state index >= 15 is 0 Å². The molecule has 0 aromatic heterocycles. The number of hydrogen-bond donors (Lipinski definition) is 0. The van der Waals surface area contributed by atoms with Gasteiger partial charge in [-0.15, -0.1) is 0 Å². The molecule has 13 heavy (non-hydrogen) atoms. The lowest BCUT2D eigenvalue weighted by Crippen LogP contribution is -1.99. The van der Waals surface area contributed by atoms with E-state index < -0.39 is 5.97 Å². The highest BCUT2D eigenvalue weighted by Crippen LogP contribution is 2.30. The molecule has 0 aromatic carbocycles. The molecule has 3 nitrogen and oxygen atoms in total. The Hall–Kier alpha value is -1.25. The van der Waals surface area contributed by atoms with E-state index in [0.29, 0.717) is 5.57 Å². The lowest BCUT2D eigenvalue weighted by molar-refractivity contribution is -0.133. The van der Waals surface area contributed by atoms with Crippen molar-refractivity contribution in [1.82, 2.24) is 0 Å². The third-order valence-electron chi connectivity index (χ3n) is 1.72. The van der Waals surface area contributed by atoms with Gasteiger partial charge in [-0.3, -0.25) is 0 Å². The molecule has 3 heteroatoms. The van der Waals surface area contributed by atoms with Crippen LogP contribution < -0.4 is 0 Å². The van der Waals surface area contributed by atoms with Crippen molar-refractivity contribution in [1.29, 1.82) is 0 Å². The Morgan fingerprint density at radius 2 is 2.46 bits per heavy atom. The summed E-state index contributed by atoms with van der Waals surface area (Å²) >= 11 is 0. The topological polar surface area (TPSA) is 38.8 Å². The van der Waals surface area contributed by atoms with Crippen molar-refractivity contribution < 1.29 is 14.3 Å². The average Bonchev–Trinajstić information content (AvgIpc) is 2.80. The van der Waals surface area contributed by atoms with Crippen molar-refractivity contribution in [2.45, 2.75) is 32.8 Å². The van der Waals surface area contributed by atoms with Crippen molar-refractivity contribution in [3.05, 3.63) is 24.2 Å². The number of ether oxygens (including phenoxy) is 2. The van der Waals surface area contributed by atoms with Gasteiger partial charge >= 0.3 is 5.97 Å². The van der Waals surface area contributed by atoms with E-state index in [-0.39, 0.29) is 6.10 Å². The molecule has 0 bridgehead atoms. The van der Waals surface area contributed by atoms with Gasteiger partial charge in [-0.1, -0.05) is 19.9 Å². The third-order valence-corrected chi connectivity index (χ3v) is 1.72. The second-order valence-electron chi connectivity index (χ2n) is 3.10. The Morgan fingerprint density at radius 1 is 1.77 bits per heavy atom. The highest BCUT2D eigenvalue weighted by Gasteiger charge is 2.32. The Balaban J connectivity index is 2.27. The van der Waals surface area contributed by atoms with Gasteiger partial charge < -0.3 is 9.47 Å². The number of epoxide rings is 1. The normalized spacial score (nSPS) is 22.3.